The molecule has 0 fully saturated rings. The van der Waals surface area contributed by atoms with Gasteiger partial charge in [0.1, 0.15) is 0 Å². The van der Waals surface area contributed by atoms with Crippen molar-refractivity contribution in [1.82, 2.24) is 0 Å². The van der Waals surface area contributed by atoms with E-state index < -0.39 is 11.9 Å². The van der Waals surface area contributed by atoms with E-state index in [0.29, 0.717) is 5.69 Å². The Bertz CT molecular complexity index is 648. The molecular formula is C20H25NO4. The number of para-hydroxylation sites is 1. The van der Waals surface area contributed by atoms with Crippen molar-refractivity contribution in [2.24, 2.45) is 0 Å². The molecule has 0 unspecified atom stereocenters. The van der Waals surface area contributed by atoms with Crippen LogP contribution in [0.5, 0.6) is 0 Å². The summed E-state index contributed by atoms with van der Waals surface area (Å²) in [6.07, 6.45) is 4.29. The van der Waals surface area contributed by atoms with Crippen LogP contribution < -0.4 is 5.32 Å². The van der Waals surface area contributed by atoms with Gasteiger partial charge in [0.05, 0.1) is 18.9 Å². The largest absolute Gasteiger partial charge is 0.462 e. The summed E-state index contributed by atoms with van der Waals surface area (Å²) < 4.78 is 9.81. The molecule has 25 heavy (non-hydrogen) atoms. The van der Waals surface area contributed by atoms with Crippen LogP contribution in [0.25, 0.3) is 0 Å². The molecule has 0 aromatic heterocycles. The van der Waals surface area contributed by atoms with Crippen molar-refractivity contribution in [2.45, 2.75) is 40.0 Å². The molecule has 1 N–H and O–H groups in total. The molecule has 1 aromatic carbocycles. The molecule has 0 aliphatic rings. The zero-order valence-corrected chi connectivity index (χ0v) is 15.1. The van der Waals surface area contributed by atoms with Gasteiger partial charge in [0.25, 0.3) is 0 Å². The molecule has 0 saturated carbocycles. The first-order valence-electron chi connectivity index (χ1n) is 8.52. The molecule has 0 bridgehead atoms. The molecule has 0 aliphatic carbocycles. The van der Waals surface area contributed by atoms with Gasteiger partial charge in [-0.2, -0.15) is 0 Å². The van der Waals surface area contributed by atoms with Gasteiger partial charge in [-0.05, 0) is 32.4 Å². The number of carbonyl (C=O) groups excluding carboxylic acids is 2. The van der Waals surface area contributed by atoms with Gasteiger partial charge in [-0.15, -0.1) is 0 Å². The van der Waals surface area contributed by atoms with Gasteiger partial charge < -0.3 is 14.8 Å². The number of hydrogen-bond acceptors (Lipinski definition) is 5. The highest BCUT2D eigenvalue weighted by Crippen LogP contribution is 2.15. The van der Waals surface area contributed by atoms with Crippen LogP contribution >= 0.6 is 0 Å². The van der Waals surface area contributed by atoms with Crippen molar-refractivity contribution < 1.29 is 19.1 Å². The lowest BCUT2D eigenvalue weighted by Gasteiger charge is -2.08. The highest BCUT2D eigenvalue weighted by Gasteiger charge is 2.21. The Labute approximate surface area is 149 Å². The number of ether oxygens (including phenoxy) is 2. The maximum absolute atomic E-state index is 12.0. The first kappa shape index (κ1) is 20.3. The molecule has 5 nitrogen and oxygen atoms in total. The van der Waals surface area contributed by atoms with Crippen LogP contribution in [-0.2, 0) is 19.1 Å². The van der Waals surface area contributed by atoms with Crippen molar-refractivity contribution in [1.29, 1.82) is 0 Å². The van der Waals surface area contributed by atoms with E-state index in [4.69, 9.17) is 9.47 Å². The summed E-state index contributed by atoms with van der Waals surface area (Å²) in [6, 6.07) is 7.44. The van der Waals surface area contributed by atoms with E-state index in [1.807, 2.05) is 24.3 Å². The Kier molecular flexibility index (Phi) is 9.54. The number of benzene rings is 1. The Balaban J connectivity index is 2.99. The third-order valence-electron chi connectivity index (χ3n) is 3.17. The summed E-state index contributed by atoms with van der Waals surface area (Å²) in [5.74, 6) is 4.78. The molecular weight excluding hydrogens is 318 g/mol. The molecule has 0 aliphatic heterocycles. The van der Waals surface area contributed by atoms with Crippen molar-refractivity contribution in [3.8, 4) is 11.8 Å². The van der Waals surface area contributed by atoms with Gasteiger partial charge in [0.15, 0.2) is 5.57 Å². The van der Waals surface area contributed by atoms with Crippen LogP contribution in [-0.4, -0.2) is 25.2 Å². The van der Waals surface area contributed by atoms with Gasteiger partial charge >= 0.3 is 11.9 Å². The molecule has 0 amide bonds. The minimum atomic E-state index is -0.722. The second-order valence-corrected chi connectivity index (χ2v) is 5.09. The highest BCUT2D eigenvalue weighted by atomic mass is 16.6. The number of anilines is 1. The fourth-order valence-electron chi connectivity index (χ4n) is 1.91. The number of esters is 2. The van der Waals surface area contributed by atoms with Crippen LogP contribution in [0, 0.1) is 11.8 Å². The maximum Gasteiger partial charge on any atom is 0.347 e. The van der Waals surface area contributed by atoms with Crippen LogP contribution in [0.3, 0.4) is 0 Å². The zero-order valence-electron chi connectivity index (χ0n) is 15.1. The first-order chi connectivity index (χ1) is 12.1. The Morgan fingerprint density at radius 2 is 1.72 bits per heavy atom. The SMILES string of the molecule is CCCCC#Cc1ccccc1NC=C(C(=O)OCC)C(=O)OCC. The molecule has 0 spiro atoms. The average Bonchev–Trinajstić information content (AvgIpc) is 2.60. The molecule has 1 rings (SSSR count). The van der Waals surface area contributed by atoms with E-state index in [1.54, 1.807) is 13.8 Å². The fourth-order valence-corrected chi connectivity index (χ4v) is 1.91. The number of rotatable bonds is 8. The quantitative estimate of drug-likeness (QED) is 0.195. The standard InChI is InChI=1S/C20H25NO4/c1-4-7-8-9-12-16-13-10-11-14-18(16)21-15-17(19(22)24-5-2)20(23)25-6-3/h10-11,13-15,21H,4-8H2,1-3H3. The third-order valence-corrected chi connectivity index (χ3v) is 3.17. The lowest BCUT2D eigenvalue weighted by atomic mass is 10.1. The first-order valence-corrected chi connectivity index (χ1v) is 8.52. The fraction of sp³-hybridized carbons (Fsp3) is 0.400. The predicted octanol–water partition coefficient (Wildman–Crippen LogP) is 3.65. The molecule has 0 saturated heterocycles. The summed E-state index contributed by atoms with van der Waals surface area (Å²) in [5.41, 5.74) is 1.32. The smallest absolute Gasteiger partial charge is 0.347 e. The van der Waals surface area contributed by atoms with Gasteiger partial charge in [0.2, 0.25) is 0 Å². The van der Waals surface area contributed by atoms with E-state index >= 15 is 0 Å². The summed E-state index contributed by atoms with van der Waals surface area (Å²) in [5, 5.41) is 2.97. The second kappa shape index (κ2) is 11.7. The van der Waals surface area contributed by atoms with Gasteiger partial charge in [0, 0.05) is 18.2 Å². The number of nitrogens with one attached hydrogen (secondary N) is 1. The maximum atomic E-state index is 12.0. The lowest BCUT2D eigenvalue weighted by Crippen LogP contribution is -2.19. The van der Waals surface area contributed by atoms with E-state index in [-0.39, 0.29) is 18.8 Å². The third kappa shape index (κ3) is 7.13. The van der Waals surface area contributed by atoms with Gasteiger partial charge in [-0.3, -0.25) is 0 Å². The van der Waals surface area contributed by atoms with E-state index in [2.05, 4.69) is 24.1 Å². The van der Waals surface area contributed by atoms with Gasteiger partial charge in [-0.25, -0.2) is 9.59 Å². The zero-order chi connectivity index (χ0) is 18.5. The van der Waals surface area contributed by atoms with E-state index in [1.165, 1.54) is 6.20 Å². The second-order valence-electron chi connectivity index (χ2n) is 5.09. The van der Waals surface area contributed by atoms with E-state index in [0.717, 1.165) is 24.8 Å². The van der Waals surface area contributed by atoms with Crippen LogP contribution in [0.2, 0.25) is 0 Å². The summed E-state index contributed by atoms with van der Waals surface area (Å²) >= 11 is 0. The van der Waals surface area contributed by atoms with Crippen LogP contribution in [0.4, 0.5) is 5.69 Å². The number of carbonyl (C=O) groups is 2. The van der Waals surface area contributed by atoms with E-state index in [9.17, 15) is 9.59 Å². The number of unbranched alkanes of at least 4 members (excludes halogenated alkanes) is 2. The molecule has 134 valence electrons. The van der Waals surface area contributed by atoms with Crippen LogP contribution in [0.1, 0.15) is 45.6 Å². The molecule has 1 aromatic rings. The molecule has 5 heteroatoms. The summed E-state index contributed by atoms with van der Waals surface area (Å²) in [4.78, 5) is 23.9. The monoisotopic (exact) mass is 343 g/mol. The Hall–Kier alpha value is -2.74. The minimum absolute atomic E-state index is 0.176. The van der Waals surface area contributed by atoms with Crippen molar-refractivity contribution in [2.75, 3.05) is 18.5 Å². The molecule has 0 heterocycles. The minimum Gasteiger partial charge on any atom is -0.462 e. The summed E-state index contributed by atoms with van der Waals surface area (Å²) in [7, 11) is 0. The molecule has 0 radical (unpaired) electrons. The van der Waals surface area contributed by atoms with Crippen molar-refractivity contribution in [3.63, 3.8) is 0 Å². The molecule has 0 atom stereocenters. The highest BCUT2D eigenvalue weighted by molar-refractivity contribution is 6.14. The van der Waals surface area contributed by atoms with Gasteiger partial charge in [-0.1, -0.05) is 37.3 Å². The van der Waals surface area contributed by atoms with Crippen LogP contribution in [0.15, 0.2) is 36.0 Å². The van der Waals surface area contributed by atoms with Crippen molar-refractivity contribution in [3.05, 3.63) is 41.6 Å². The number of hydrogen-bond donors (Lipinski definition) is 1. The van der Waals surface area contributed by atoms with Crippen molar-refractivity contribution >= 4 is 17.6 Å². The Morgan fingerprint density at radius 3 is 2.32 bits per heavy atom. The topological polar surface area (TPSA) is 64.6 Å². The normalized spacial score (nSPS) is 9.40. The average molecular weight is 343 g/mol. The summed E-state index contributed by atoms with van der Waals surface area (Å²) in [6.45, 7) is 5.82. The predicted molar refractivity (Wildman–Crippen MR) is 97.8 cm³/mol. The lowest BCUT2D eigenvalue weighted by molar-refractivity contribution is -0.146. The Morgan fingerprint density at radius 1 is 1.08 bits per heavy atom.